The van der Waals surface area contributed by atoms with Gasteiger partial charge >= 0.3 is 5.69 Å². The summed E-state index contributed by atoms with van der Waals surface area (Å²) in [4.78, 5) is 21.2. The van der Waals surface area contributed by atoms with Gasteiger partial charge in [-0.2, -0.15) is 4.39 Å². The summed E-state index contributed by atoms with van der Waals surface area (Å²) in [5.41, 5.74) is -1.25. The fourth-order valence-corrected chi connectivity index (χ4v) is 1.79. The molecule has 1 heterocycles. The third kappa shape index (κ3) is 1.51. The number of fused-ring (bicyclic) bond motifs is 1. The molecular formula is C9H5ClFNO4. The number of ether oxygens (including phenoxy) is 1. The molecule has 0 bridgehead atoms. The van der Waals surface area contributed by atoms with Crippen molar-refractivity contribution in [1.29, 1.82) is 0 Å². The largest absolute Gasteiger partial charge is 0.491 e. The van der Waals surface area contributed by atoms with Crippen LogP contribution in [0.2, 0.25) is 5.02 Å². The van der Waals surface area contributed by atoms with E-state index >= 15 is 0 Å². The molecule has 0 aliphatic carbocycles. The van der Waals surface area contributed by atoms with E-state index in [2.05, 4.69) is 0 Å². The third-order valence-corrected chi connectivity index (χ3v) is 2.48. The van der Waals surface area contributed by atoms with Gasteiger partial charge in [0.15, 0.2) is 11.5 Å². The highest BCUT2D eigenvalue weighted by Crippen LogP contribution is 2.40. The molecule has 0 aromatic heterocycles. The molecule has 2 rings (SSSR count). The fraction of sp³-hybridized carbons (Fsp3) is 0.222. The minimum atomic E-state index is -1.13. The molecule has 0 radical (unpaired) electrons. The predicted octanol–water partition coefficient (Wildman–Crippen LogP) is 2.35. The number of nitro benzene ring substituents is 1. The number of hydrogen-bond acceptors (Lipinski definition) is 4. The number of ketones is 1. The SMILES string of the molecule is O=C1CCOc2c(Cl)cc(F)c([N+](=O)[O-])c21. The number of nitro groups is 1. The Bertz CT molecular complexity index is 503. The van der Waals surface area contributed by atoms with Crippen LogP contribution in [0, 0.1) is 15.9 Å². The normalized spacial score (nSPS) is 14.2. The molecule has 5 nitrogen and oxygen atoms in total. The van der Waals surface area contributed by atoms with E-state index in [0.29, 0.717) is 0 Å². The van der Waals surface area contributed by atoms with Gasteiger partial charge in [-0.1, -0.05) is 11.6 Å². The zero-order valence-electron chi connectivity index (χ0n) is 7.83. The summed E-state index contributed by atoms with van der Waals surface area (Å²) < 4.78 is 18.4. The average Bonchev–Trinajstić information content (AvgIpc) is 2.19. The minimum absolute atomic E-state index is 0.0202. The Morgan fingerprint density at radius 3 is 2.88 bits per heavy atom. The lowest BCUT2D eigenvalue weighted by Crippen LogP contribution is -2.18. The van der Waals surface area contributed by atoms with Gasteiger partial charge in [0.2, 0.25) is 5.82 Å². The quantitative estimate of drug-likeness (QED) is 0.562. The summed E-state index contributed by atoms with van der Waals surface area (Å²) in [5, 5.41) is 10.5. The van der Waals surface area contributed by atoms with Crippen LogP contribution in [0.4, 0.5) is 10.1 Å². The summed E-state index contributed by atoms with van der Waals surface area (Å²) >= 11 is 5.65. The number of carbonyl (C=O) groups is 1. The molecule has 1 aromatic rings. The number of benzene rings is 1. The van der Waals surface area contributed by atoms with Crippen LogP contribution in [-0.4, -0.2) is 17.3 Å². The molecule has 1 aromatic carbocycles. The Morgan fingerprint density at radius 1 is 1.56 bits per heavy atom. The summed E-state index contributed by atoms with van der Waals surface area (Å²) in [7, 11) is 0. The molecule has 84 valence electrons. The molecule has 0 saturated heterocycles. The number of hydrogen-bond donors (Lipinski definition) is 0. The van der Waals surface area contributed by atoms with Crippen LogP contribution >= 0.6 is 11.6 Å². The lowest BCUT2D eigenvalue weighted by atomic mass is 10.0. The molecule has 7 heteroatoms. The summed E-state index contributed by atoms with van der Waals surface area (Å²) in [5.74, 6) is -1.77. The number of Topliss-reactive ketones (excluding diaryl/α,β-unsaturated/α-hetero) is 1. The van der Waals surface area contributed by atoms with E-state index in [0.717, 1.165) is 6.07 Å². The minimum Gasteiger partial charge on any atom is -0.491 e. The molecule has 0 fully saturated rings. The predicted molar refractivity (Wildman–Crippen MR) is 52.5 cm³/mol. The van der Waals surface area contributed by atoms with Crippen molar-refractivity contribution in [3.63, 3.8) is 0 Å². The van der Waals surface area contributed by atoms with Crippen molar-refractivity contribution < 1.29 is 18.8 Å². The Labute approximate surface area is 93.9 Å². The second kappa shape index (κ2) is 3.71. The van der Waals surface area contributed by atoms with Crippen molar-refractivity contribution in [2.45, 2.75) is 6.42 Å². The summed E-state index contributed by atoms with van der Waals surface area (Å²) in [6, 6.07) is 0.775. The van der Waals surface area contributed by atoms with Gasteiger partial charge in [-0.25, -0.2) is 0 Å². The average molecular weight is 246 g/mol. The Morgan fingerprint density at radius 2 is 2.25 bits per heavy atom. The standard InChI is InChI=1S/C9H5ClFNO4/c10-4-3-5(11)8(12(14)15)7-6(13)1-2-16-9(4)7/h3H,1-2H2. The van der Waals surface area contributed by atoms with Crippen molar-refractivity contribution in [2.75, 3.05) is 6.61 Å². The number of halogens is 2. The summed E-state index contributed by atoms with van der Waals surface area (Å²) in [6.07, 6.45) is -0.0202. The van der Waals surface area contributed by atoms with Crippen molar-refractivity contribution in [1.82, 2.24) is 0 Å². The third-order valence-electron chi connectivity index (χ3n) is 2.20. The monoisotopic (exact) mass is 245 g/mol. The highest BCUT2D eigenvalue weighted by molar-refractivity contribution is 6.33. The van der Waals surface area contributed by atoms with Gasteiger partial charge in [-0.15, -0.1) is 0 Å². The summed E-state index contributed by atoms with van der Waals surface area (Å²) in [6.45, 7) is 0.0916. The highest BCUT2D eigenvalue weighted by atomic mass is 35.5. The van der Waals surface area contributed by atoms with Gasteiger partial charge in [0.1, 0.15) is 5.56 Å². The first-order valence-corrected chi connectivity index (χ1v) is 4.72. The lowest BCUT2D eigenvalue weighted by molar-refractivity contribution is -0.387. The van der Waals surface area contributed by atoms with Gasteiger partial charge in [-0.3, -0.25) is 14.9 Å². The van der Waals surface area contributed by atoms with Crippen molar-refractivity contribution in [3.05, 3.63) is 32.6 Å². The smallest absolute Gasteiger partial charge is 0.319 e. The van der Waals surface area contributed by atoms with Gasteiger partial charge in [-0.05, 0) is 0 Å². The fourth-order valence-electron chi connectivity index (χ4n) is 1.54. The van der Waals surface area contributed by atoms with E-state index in [9.17, 15) is 19.3 Å². The van der Waals surface area contributed by atoms with Crippen LogP contribution in [0.5, 0.6) is 5.75 Å². The molecule has 0 amide bonds. The maximum Gasteiger partial charge on any atom is 0.319 e. The van der Waals surface area contributed by atoms with E-state index in [1.165, 1.54) is 0 Å². The maximum atomic E-state index is 13.3. The van der Waals surface area contributed by atoms with Crippen LogP contribution < -0.4 is 4.74 Å². The van der Waals surface area contributed by atoms with Crippen molar-refractivity contribution in [3.8, 4) is 5.75 Å². The Hall–Kier alpha value is -1.69. The topological polar surface area (TPSA) is 69.4 Å². The van der Waals surface area contributed by atoms with Gasteiger partial charge in [0.05, 0.1) is 16.6 Å². The second-order valence-electron chi connectivity index (χ2n) is 3.17. The van der Waals surface area contributed by atoms with E-state index in [1.807, 2.05) is 0 Å². The van der Waals surface area contributed by atoms with E-state index in [4.69, 9.17) is 16.3 Å². The first-order valence-electron chi connectivity index (χ1n) is 4.34. The number of carbonyl (C=O) groups excluding carboxylic acids is 1. The molecule has 0 saturated carbocycles. The van der Waals surface area contributed by atoms with Crippen LogP contribution in [-0.2, 0) is 0 Å². The van der Waals surface area contributed by atoms with Crippen molar-refractivity contribution in [2.24, 2.45) is 0 Å². The highest BCUT2D eigenvalue weighted by Gasteiger charge is 2.34. The van der Waals surface area contributed by atoms with E-state index < -0.39 is 22.2 Å². The van der Waals surface area contributed by atoms with Crippen LogP contribution in [0.3, 0.4) is 0 Å². The molecule has 0 spiro atoms. The first-order chi connectivity index (χ1) is 7.52. The van der Waals surface area contributed by atoms with Crippen molar-refractivity contribution >= 4 is 23.1 Å². The van der Waals surface area contributed by atoms with Crippen LogP contribution in [0.15, 0.2) is 6.07 Å². The molecule has 1 aliphatic heterocycles. The molecule has 1 aliphatic rings. The van der Waals surface area contributed by atoms with Crippen LogP contribution in [0.1, 0.15) is 16.8 Å². The van der Waals surface area contributed by atoms with Gasteiger partial charge < -0.3 is 4.74 Å². The molecular weight excluding hydrogens is 241 g/mol. The van der Waals surface area contributed by atoms with Gasteiger partial charge in [0, 0.05) is 12.5 Å². The Kier molecular flexibility index (Phi) is 2.51. The van der Waals surface area contributed by atoms with E-state index in [1.54, 1.807) is 0 Å². The molecule has 0 unspecified atom stereocenters. The molecule has 16 heavy (non-hydrogen) atoms. The van der Waals surface area contributed by atoms with E-state index in [-0.39, 0.29) is 29.4 Å². The van der Waals surface area contributed by atoms with Gasteiger partial charge in [0.25, 0.3) is 0 Å². The zero-order valence-corrected chi connectivity index (χ0v) is 8.58. The number of nitrogens with zero attached hydrogens (tertiary/aromatic N) is 1. The zero-order chi connectivity index (χ0) is 11.9. The lowest BCUT2D eigenvalue weighted by Gasteiger charge is -2.17. The maximum absolute atomic E-state index is 13.3. The first kappa shape index (κ1) is 10.8. The molecule has 0 atom stereocenters. The Balaban J connectivity index is 2.79. The molecule has 0 N–H and O–H groups in total. The van der Waals surface area contributed by atoms with Crippen LogP contribution in [0.25, 0.3) is 0 Å². The number of rotatable bonds is 1. The second-order valence-corrected chi connectivity index (χ2v) is 3.58.